The van der Waals surface area contributed by atoms with E-state index in [-0.39, 0.29) is 5.88 Å². The first-order valence-electron chi connectivity index (χ1n) is 4.72. The Kier molecular flexibility index (Phi) is 1.16. The zero-order valence-electron chi connectivity index (χ0n) is 9.51. The summed E-state index contributed by atoms with van der Waals surface area (Å²) in [5.74, 6) is 0.0780. The van der Waals surface area contributed by atoms with E-state index in [4.69, 9.17) is 9.85 Å². The predicted molar refractivity (Wildman–Crippen MR) is 44.7 cm³/mol. The van der Waals surface area contributed by atoms with Gasteiger partial charge in [-0.3, -0.25) is 0 Å². The highest BCUT2D eigenvalue weighted by Gasteiger charge is 2.01. The number of nitrogens with zero attached hydrogens (tertiary/aromatic N) is 1. The molecule has 0 atom stereocenters. The van der Waals surface area contributed by atoms with Crippen LogP contribution in [0.15, 0.2) is 6.07 Å². The van der Waals surface area contributed by atoms with Gasteiger partial charge in [0.2, 0.25) is 5.88 Å². The first kappa shape index (κ1) is 4.59. The van der Waals surface area contributed by atoms with Gasteiger partial charge < -0.3 is 10.5 Å². The summed E-state index contributed by atoms with van der Waals surface area (Å²) >= 11 is 0. The second kappa shape index (κ2) is 2.78. The van der Waals surface area contributed by atoms with Crippen LogP contribution in [0.1, 0.15) is 15.4 Å². The van der Waals surface area contributed by atoms with E-state index in [2.05, 4.69) is 9.72 Å². The van der Waals surface area contributed by atoms with E-state index in [0.29, 0.717) is 11.4 Å². The normalized spacial score (nSPS) is 14.9. The van der Waals surface area contributed by atoms with Crippen molar-refractivity contribution in [3.8, 4) is 5.88 Å². The van der Waals surface area contributed by atoms with E-state index in [1.165, 1.54) is 6.07 Å². The highest BCUT2D eigenvalue weighted by atomic mass is 16.5. The first-order valence-corrected chi connectivity index (χ1v) is 3.22. The van der Waals surface area contributed by atoms with Gasteiger partial charge in [-0.1, -0.05) is 0 Å². The molecule has 11 heavy (non-hydrogen) atoms. The monoisotopic (exact) mass is 155 g/mol. The van der Waals surface area contributed by atoms with Crippen LogP contribution in [0, 0.1) is 13.8 Å². The highest BCUT2D eigenvalue weighted by molar-refractivity contribution is 5.51. The summed E-state index contributed by atoms with van der Waals surface area (Å²) in [6.07, 6.45) is 0. The van der Waals surface area contributed by atoms with Crippen LogP contribution in [0.25, 0.3) is 0 Å². The second-order valence-electron chi connectivity index (χ2n) is 2.38. The zero-order valence-corrected chi connectivity index (χ0v) is 6.51. The molecule has 0 aliphatic heterocycles. The molecule has 0 saturated heterocycles. The van der Waals surface area contributed by atoms with E-state index >= 15 is 0 Å². The Morgan fingerprint density at radius 2 is 2.36 bits per heavy atom. The third-order valence-corrected chi connectivity index (χ3v) is 1.54. The Morgan fingerprint density at radius 1 is 1.64 bits per heavy atom. The lowest BCUT2D eigenvalue weighted by Crippen LogP contribution is -1.98. The fourth-order valence-corrected chi connectivity index (χ4v) is 0.858. The number of ether oxygens (including phenoxy) is 1. The SMILES string of the molecule is [2H]C([2H])([2H])Oc1cc(C)c(N)c(C)n1. The zero-order chi connectivity index (χ0) is 10.9. The molecule has 0 aliphatic rings. The molecule has 0 unspecified atom stereocenters. The summed E-state index contributed by atoms with van der Waals surface area (Å²) in [7, 11) is -2.47. The van der Waals surface area contributed by atoms with Crippen molar-refractivity contribution in [2.45, 2.75) is 13.8 Å². The molecule has 0 bridgehead atoms. The van der Waals surface area contributed by atoms with Crippen molar-refractivity contribution in [3.05, 3.63) is 17.3 Å². The van der Waals surface area contributed by atoms with Gasteiger partial charge in [0.1, 0.15) is 0 Å². The van der Waals surface area contributed by atoms with Crippen LogP contribution in [-0.2, 0) is 0 Å². The third-order valence-electron chi connectivity index (χ3n) is 1.54. The largest absolute Gasteiger partial charge is 0.481 e. The van der Waals surface area contributed by atoms with Crippen molar-refractivity contribution in [2.75, 3.05) is 12.8 Å². The highest BCUT2D eigenvalue weighted by Crippen LogP contribution is 2.18. The average molecular weight is 155 g/mol. The topological polar surface area (TPSA) is 48.1 Å². The molecule has 1 aromatic rings. The first-order chi connectivity index (χ1) is 6.29. The minimum atomic E-state index is -2.47. The lowest BCUT2D eigenvalue weighted by molar-refractivity contribution is 0.396. The van der Waals surface area contributed by atoms with Gasteiger partial charge in [0, 0.05) is 6.07 Å². The van der Waals surface area contributed by atoms with Crippen molar-refractivity contribution in [1.29, 1.82) is 0 Å². The van der Waals surface area contributed by atoms with Crippen LogP contribution in [0.4, 0.5) is 5.69 Å². The molecule has 1 rings (SSSR count). The van der Waals surface area contributed by atoms with Gasteiger partial charge in [0.25, 0.3) is 0 Å². The predicted octanol–water partition coefficient (Wildman–Crippen LogP) is 1.29. The number of nitrogen functional groups attached to an aromatic ring is 1. The molecular formula is C8H12N2O. The van der Waals surface area contributed by atoms with E-state index in [1.54, 1.807) is 13.8 Å². The molecule has 0 aliphatic carbocycles. The molecule has 0 spiro atoms. The molecule has 0 amide bonds. The smallest absolute Gasteiger partial charge is 0.213 e. The van der Waals surface area contributed by atoms with Crippen LogP contribution in [0.5, 0.6) is 5.88 Å². The number of hydrogen-bond acceptors (Lipinski definition) is 3. The average Bonchev–Trinajstić information content (AvgIpc) is 1.96. The maximum atomic E-state index is 6.90. The Bertz CT molecular complexity index is 326. The van der Waals surface area contributed by atoms with Crippen LogP contribution < -0.4 is 10.5 Å². The molecule has 3 nitrogen and oxygen atoms in total. The van der Waals surface area contributed by atoms with Crippen LogP contribution in [0.3, 0.4) is 0 Å². The fourth-order valence-electron chi connectivity index (χ4n) is 0.858. The van der Waals surface area contributed by atoms with Crippen LogP contribution >= 0.6 is 0 Å². The van der Waals surface area contributed by atoms with Gasteiger partial charge in [0.05, 0.1) is 22.5 Å². The number of aromatic nitrogens is 1. The molecule has 1 aromatic heterocycles. The Morgan fingerprint density at radius 3 is 2.91 bits per heavy atom. The molecule has 0 aromatic carbocycles. The van der Waals surface area contributed by atoms with Crippen molar-refractivity contribution >= 4 is 5.69 Å². The molecule has 1 heterocycles. The molecule has 3 heteroatoms. The molecule has 0 fully saturated rings. The van der Waals surface area contributed by atoms with Gasteiger partial charge in [-0.15, -0.1) is 0 Å². The van der Waals surface area contributed by atoms with Crippen LogP contribution in [0.2, 0.25) is 0 Å². The molecular weight excluding hydrogens is 140 g/mol. The van der Waals surface area contributed by atoms with E-state index < -0.39 is 7.04 Å². The number of nitrogens with two attached hydrogens (primary N) is 1. The van der Waals surface area contributed by atoms with E-state index in [0.717, 1.165) is 5.56 Å². The summed E-state index contributed by atoms with van der Waals surface area (Å²) < 4.78 is 25.4. The third kappa shape index (κ3) is 1.42. The lowest BCUT2D eigenvalue weighted by atomic mass is 10.2. The van der Waals surface area contributed by atoms with Crippen molar-refractivity contribution in [2.24, 2.45) is 0 Å². The minimum Gasteiger partial charge on any atom is -0.481 e. The second-order valence-corrected chi connectivity index (χ2v) is 2.38. The van der Waals surface area contributed by atoms with Crippen molar-refractivity contribution < 1.29 is 8.85 Å². The molecule has 2 N–H and O–H groups in total. The van der Waals surface area contributed by atoms with E-state index in [1.807, 2.05) is 0 Å². The Hall–Kier alpha value is -1.25. The van der Waals surface area contributed by atoms with Crippen molar-refractivity contribution in [1.82, 2.24) is 4.98 Å². The lowest BCUT2D eigenvalue weighted by Gasteiger charge is -2.05. The van der Waals surface area contributed by atoms with Gasteiger partial charge in [0.15, 0.2) is 0 Å². The summed E-state index contributed by atoms with van der Waals surface area (Å²) in [6, 6.07) is 1.51. The maximum absolute atomic E-state index is 6.90. The molecule has 0 radical (unpaired) electrons. The Labute approximate surface area is 70.4 Å². The summed E-state index contributed by atoms with van der Waals surface area (Å²) in [4.78, 5) is 3.91. The minimum absolute atomic E-state index is 0.0780. The standard InChI is InChI=1S/C8H12N2O/c1-5-4-7(11-3)10-6(2)8(5)9/h4H,9H2,1-3H3/i3D3. The van der Waals surface area contributed by atoms with E-state index in [9.17, 15) is 0 Å². The van der Waals surface area contributed by atoms with Gasteiger partial charge in [-0.25, -0.2) is 4.98 Å². The summed E-state index contributed by atoms with van der Waals surface area (Å²) in [6.45, 7) is 3.48. The Balaban J connectivity index is 3.02. The number of anilines is 1. The van der Waals surface area contributed by atoms with Gasteiger partial charge >= 0.3 is 0 Å². The number of rotatable bonds is 1. The quantitative estimate of drug-likeness (QED) is 0.664. The molecule has 0 saturated carbocycles. The number of pyridine rings is 1. The van der Waals surface area contributed by atoms with Crippen LogP contribution in [-0.4, -0.2) is 12.0 Å². The number of aryl methyl sites for hydroxylation is 2. The number of hydrogen-bond donors (Lipinski definition) is 1. The summed E-state index contributed by atoms with van der Waals surface area (Å²) in [5, 5.41) is 0. The van der Waals surface area contributed by atoms with Crippen molar-refractivity contribution in [3.63, 3.8) is 0 Å². The number of methoxy groups -OCH3 is 1. The molecule has 60 valence electrons. The van der Waals surface area contributed by atoms with Gasteiger partial charge in [-0.05, 0) is 19.4 Å². The summed E-state index contributed by atoms with van der Waals surface area (Å²) in [5.41, 5.74) is 7.55. The fraction of sp³-hybridized carbons (Fsp3) is 0.375. The van der Waals surface area contributed by atoms with Gasteiger partial charge in [-0.2, -0.15) is 0 Å². The maximum Gasteiger partial charge on any atom is 0.213 e.